The maximum Gasteiger partial charge on any atom is 0.255 e. The molecule has 0 aliphatic rings. The zero-order chi connectivity index (χ0) is 15.4. The lowest BCUT2D eigenvalue weighted by molar-refractivity contribution is 0.102. The van der Waals surface area contributed by atoms with Gasteiger partial charge in [-0.2, -0.15) is 5.10 Å². The van der Waals surface area contributed by atoms with Crippen molar-refractivity contribution in [1.29, 1.82) is 0 Å². The van der Waals surface area contributed by atoms with Crippen LogP contribution in [0.3, 0.4) is 0 Å². The van der Waals surface area contributed by atoms with Gasteiger partial charge in [-0.25, -0.2) is 10.8 Å². The number of nitrogens with two attached hydrogens (primary N) is 1. The quantitative estimate of drug-likeness (QED) is 0.577. The highest BCUT2D eigenvalue weighted by atomic mass is 16.1. The second-order valence-corrected chi connectivity index (χ2v) is 4.99. The van der Waals surface area contributed by atoms with Crippen molar-refractivity contribution in [2.24, 2.45) is 5.84 Å². The molecule has 0 fully saturated rings. The number of nitrogen functional groups attached to an aromatic ring is 1. The van der Waals surface area contributed by atoms with E-state index in [4.69, 9.17) is 5.84 Å². The van der Waals surface area contributed by atoms with Crippen LogP contribution in [0, 0.1) is 0 Å². The minimum Gasteiger partial charge on any atom is -0.319 e. The molecule has 21 heavy (non-hydrogen) atoms. The minimum atomic E-state index is -0.216. The second-order valence-electron chi connectivity index (χ2n) is 4.99. The lowest BCUT2D eigenvalue weighted by Gasteiger charge is -2.07. The molecule has 0 radical (unpaired) electrons. The zero-order valence-electron chi connectivity index (χ0n) is 12.4. The predicted octanol–water partition coefficient (Wildman–Crippen LogP) is 1.96. The number of anilines is 2. The SMILES string of the molecule is CCc1cc(C(=O)Nc2cnn(C(C)C)c2)cc(NN)n1. The van der Waals surface area contributed by atoms with Gasteiger partial charge in [-0.3, -0.25) is 9.48 Å². The fourth-order valence-corrected chi connectivity index (χ4v) is 1.86. The molecule has 0 atom stereocenters. The second kappa shape index (κ2) is 6.36. The van der Waals surface area contributed by atoms with Crippen LogP contribution in [0.25, 0.3) is 0 Å². The molecule has 0 unspecified atom stereocenters. The van der Waals surface area contributed by atoms with Gasteiger partial charge in [0.2, 0.25) is 0 Å². The van der Waals surface area contributed by atoms with Crippen LogP contribution in [0.2, 0.25) is 0 Å². The van der Waals surface area contributed by atoms with Crippen LogP contribution < -0.4 is 16.6 Å². The third-order valence-corrected chi connectivity index (χ3v) is 3.04. The first-order valence-corrected chi connectivity index (χ1v) is 6.86. The Morgan fingerprint density at radius 2 is 2.19 bits per heavy atom. The third kappa shape index (κ3) is 3.57. The fraction of sp³-hybridized carbons (Fsp3) is 0.357. The maximum absolute atomic E-state index is 12.3. The van der Waals surface area contributed by atoms with Crippen LogP contribution in [0.4, 0.5) is 11.5 Å². The Morgan fingerprint density at radius 1 is 1.43 bits per heavy atom. The Bertz CT molecular complexity index is 612. The molecule has 0 saturated carbocycles. The molecule has 2 aromatic heterocycles. The molecule has 7 heteroatoms. The van der Waals surface area contributed by atoms with Crippen LogP contribution in [-0.4, -0.2) is 20.7 Å². The Hall–Kier alpha value is -2.41. The summed E-state index contributed by atoms with van der Waals surface area (Å²) < 4.78 is 1.78. The van der Waals surface area contributed by atoms with Crippen molar-refractivity contribution in [3.8, 4) is 0 Å². The summed E-state index contributed by atoms with van der Waals surface area (Å²) >= 11 is 0. The first kappa shape index (κ1) is 15.0. The summed E-state index contributed by atoms with van der Waals surface area (Å²) in [6.45, 7) is 6.01. The van der Waals surface area contributed by atoms with Gasteiger partial charge in [0, 0.05) is 23.5 Å². The number of carbonyl (C=O) groups excluding carboxylic acids is 1. The number of rotatable bonds is 5. The van der Waals surface area contributed by atoms with Gasteiger partial charge in [0.1, 0.15) is 5.82 Å². The standard InChI is InChI=1S/C14H20N6O/c1-4-11-5-10(6-13(17-11)19-15)14(21)18-12-7-16-20(8-12)9(2)3/h5-9H,4,15H2,1-3H3,(H,17,19)(H,18,21). The fourth-order valence-electron chi connectivity index (χ4n) is 1.86. The molecule has 0 spiro atoms. The molecule has 0 aliphatic heterocycles. The molecule has 0 aliphatic carbocycles. The van der Waals surface area contributed by atoms with Crippen molar-refractivity contribution >= 4 is 17.4 Å². The van der Waals surface area contributed by atoms with E-state index in [0.29, 0.717) is 17.1 Å². The van der Waals surface area contributed by atoms with Gasteiger partial charge in [-0.1, -0.05) is 6.92 Å². The van der Waals surface area contributed by atoms with Gasteiger partial charge in [0.15, 0.2) is 0 Å². The Kier molecular flexibility index (Phi) is 4.54. The summed E-state index contributed by atoms with van der Waals surface area (Å²) in [7, 11) is 0. The van der Waals surface area contributed by atoms with Crippen molar-refractivity contribution in [1.82, 2.24) is 14.8 Å². The van der Waals surface area contributed by atoms with E-state index in [0.717, 1.165) is 12.1 Å². The number of carbonyl (C=O) groups is 1. The first-order valence-electron chi connectivity index (χ1n) is 6.86. The van der Waals surface area contributed by atoms with Crippen LogP contribution in [0.5, 0.6) is 0 Å². The van der Waals surface area contributed by atoms with E-state index >= 15 is 0 Å². The smallest absolute Gasteiger partial charge is 0.255 e. The molecule has 0 saturated heterocycles. The topological polar surface area (TPSA) is 97.9 Å². The predicted molar refractivity (Wildman–Crippen MR) is 82.0 cm³/mol. The average Bonchev–Trinajstić information content (AvgIpc) is 2.95. The monoisotopic (exact) mass is 288 g/mol. The van der Waals surface area contributed by atoms with Crippen molar-refractivity contribution in [3.05, 3.63) is 35.8 Å². The number of amides is 1. The van der Waals surface area contributed by atoms with E-state index in [9.17, 15) is 4.79 Å². The van der Waals surface area contributed by atoms with Crippen LogP contribution >= 0.6 is 0 Å². The minimum absolute atomic E-state index is 0.216. The molecular formula is C14H20N6O. The highest BCUT2D eigenvalue weighted by Crippen LogP contribution is 2.14. The molecule has 7 nitrogen and oxygen atoms in total. The van der Waals surface area contributed by atoms with E-state index in [1.54, 1.807) is 29.2 Å². The number of aryl methyl sites for hydroxylation is 1. The van der Waals surface area contributed by atoms with E-state index in [2.05, 4.69) is 20.8 Å². The molecule has 0 aromatic carbocycles. The summed E-state index contributed by atoms with van der Waals surface area (Å²) in [4.78, 5) is 16.5. The number of nitrogens with one attached hydrogen (secondary N) is 2. The highest BCUT2D eigenvalue weighted by Gasteiger charge is 2.11. The Morgan fingerprint density at radius 3 is 2.76 bits per heavy atom. The van der Waals surface area contributed by atoms with Crippen molar-refractivity contribution in [2.45, 2.75) is 33.2 Å². The number of pyridine rings is 1. The summed E-state index contributed by atoms with van der Waals surface area (Å²) in [6.07, 6.45) is 4.15. The Labute approximate surface area is 123 Å². The molecule has 4 N–H and O–H groups in total. The largest absolute Gasteiger partial charge is 0.319 e. The van der Waals surface area contributed by atoms with Gasteiger partial charge >= 0.3 is 0 Å². The molecule has 0 bridgehead atoms. The number of aromatic nitrogens is 3. The zero-order valence-corrected chi connectivity index (χ0v) is 12.4. The highest BCUT2D eigenvalue weighted by molar-refractivity contribution is 6.04. The van der Waals surface area contributed by atoms with Crippen LogP contribution in [0.15, 0.2) is 24.5 Å². The van der Waals surface area contributed by atoms with Crippen molar-refractivity contribution < 1.29 is 4.79 Å². The van der Waals surface area contributed by atoms with Gasteiger partial charge in [0.25, 0.3) is 5.91 Å². The van der Waals surface area contributed by atoms with E-state index < -0.39 is 0 Å². The Balaban J connectivity index is 2.19. The molecule has 2 aromatic rings. The number of nitrogens with zero attached hydrogens (tertiary/aromatic N) is 3. The molecule has 112 valence electrons. The first-order chi connectivity index (χ1) is 10.0. The summed E-state index contributed by atoms with van der Waals surface area (Å²) in [5.74, 6) is 5.63. The molecule has 2 heterocycles. The van der Waals surface area contributed by atoms with Crippen LogP contribution in [-0.2, 0) is 6.42 Å². The van der Waals surface area contributed by atoms with Gasteiger partial charge in [0.05, 0.1) is 11.9 Å². The maximum atomic E-state index is 12.3. The van der Waals surface area contributed by atoms with Gasteiger partial charge < -0.3 is 10.7 Å². The van der Waals surface area contributed by atoms with Crippen molar-refractivity contribution in [2.75, 3.05) is 10.7 Å². The number of hydrogen-bond donors (Lipinski definition) is 3. The third-order valence-electron chi connectivity index (χ3n) is 3.04. The molecular weight excluding hydrogens is 268 g/mol. The lowest BCUT2D eigenvalue weighted by Crippen LogP contribution is -2.15. The van der Waals surface area contributed by atoms with E-state index in [-0.39, 0.29) is 11.9 Å². The van der Waals surface area contributed by atoms with Gasteiger partial charge in [-0.05, 0) is 32.4 Å². The van der Waals surface area contributed by atoms with Gasteiger partial charge in [-0.15, -0.1) is 0 Å². The molecule has 2 rings (SSSR count). The summed E-state index contributed by atoms with van der Waals surface area (Å²) in [5.41, 5.74) is 4.44. The molecule has 1 amide bonds. The normalized spacial score (nSPS) is 10.7. The lowest BCUT2D eigenvalue weighted by atomic mass is 10.2. The average molecular weight is 288 g/mol. The van der Waals surface area contributed by atoms with Crippen LogP contribution in [0.1, 0.15) is 42.9 Å². The summed E-state index contributed by atoms with van der Waals surface area (Å²) in [5, 5.41) is 7.00. The summed E-state index contributed by atoms with van der Waals surface area (Å²) in [6, 6.07) is 3.61. The van der Waals surface area contributed by atoms with E-state index in [1.165, 1.54) is 0 Å². The van der Waals surface area contributed by atoms with Crippen molar-refractivity contribution in [3.63, 3.8) is 0 Å². The van der Waals surface area contributed by atoms with E-state index in [1.807, 2.05) is 20.8 Å². The number of hydrazine groups is 1. The number of hydrogen-bond acceptors (Lipinski definition) is 5.